The summed E-state index contributed by atoms with van der Waals surface area (Å²) in [6, 6.07) is 0.251. The number of aromatic nitrogens is 2. The first-order valence-corrected chi connectivity index (χ1v) is 4.85. The van der Waals surface area contributed by atoms with E-state index in [4.69, 9.17) is 5.73 Å². The topological polar surface area (TPSA) is 107 Å². The van der Waals surface area contributed by atoms with Gasteiger partial charge in [0, 0.05) is 6.04 Å². The quantitative estimate of drug-likeness (QED) is 0.449. The van der Waals surface area contributed by atoms with Gasteiger partial charge in [-0.1, -0.05) is 12.2 Å². The van der Waals surface area contributed by atoms with Crippen molar-refractivity contribution in [3.8, 4) is 0 Å². The van der Waals surface area contributed by atoms with E-state index in [1.165, 1.54) is 0 Å². The smallest absolute Gasteiger partial charge is 0.329 e. The molecule has 1 aromatic heterocycles. The monoisotopic (exact) mass is 221 g/mol. The second-order valence-electron chi connectivity index (χ2n) is 3.51. The Labute approximate surface area is 91.5 Å². The van der Waals surface area contributed by atoms with Crippen LogP contribution in [0.3, 0.4) is 0 Å². The molecular weight excluding hydrogens is 210 g/mol. The molecule has 84 valence electrons. The molecule has 0 spiro atoms. The predicted octanol–water partition coefficient (Wildman–Crippen LogP) is 1.10. The van der Waals surface area contributed by atoms with Gasteiger partial charge in [-0.15, -0.1) is 0 Å². The minimum atomic E-state index is -0.601. The average Bonchev–Trinajstić information content (AvgIpc) is 2.70. The molecule has 0 saturated heterocycles. The zero-order chi connectivity index (χ0) is 11.5. The van der Waals surface area contributed by atoms with Gasteiger partial charge in [0.05, 0.1) is 4.92 Å². The van der Waals surface area contributed by atoms with Gasteiger partial charge in [0.15, 0.2) is 0 Å². The van der Waals surface area contributed by atoms with Gasteiger partial charge in [-0.05, 0) is 12.8 Å². The minimum absolute atomic E-state index is 0.117. The number of hydrogen-bond donors (Lipinski definition) is 2. The fourth-order valence-electron chi connectivity index (χ4n) is 1.52. The van der Waals surface area contributed by atoms with E-state index in [1.54, 1.807) is 0 Å². The van der Waals surface area contributed by atoms with Gasteiger partial charge in [-0.3, -0.25) is 10.1 Å². The summed E-state index contributed by atoms with van der Waals surface area (Å²) in [5.74, 6) is 0.213. The maximum absolute atomic E-state index is 10.5. The molecule has 0 fully saturated rings. The van der Waals surface area contributed by atoms with Crippen LogP contribution < -0.4 is 11.1 Å². The van der Waals surface area contributed by atoms with Gasteiger partial charge < -0.3 is 11.1 Å². The largest absolute Gasteiger partial charge is 0.378 e. The molecule has 1 aromatic rings. The lowest BCUT2D eigenvalue weighted by Crippen LogP contribution is -2.17. The Morgan fingerprint density at radius 1 is 1.50 bits per heavy atom. The Balaban J connectivity index is 2.11. The second kappa shape index (κ2) is 4.13. The van der Waals surface area contributed by atoms with Crippen molar-refractivity contribution in [3.63, 3.8) is 0 Å². The Hall–Kier alpha value is -2.18. The number of nitro groups is 1. The van der Waals surface area contributed by atoms with E-state index in [-0.39, 0.29) is 17.5 Å². The lowest BCUT2D eigenvalue weighted by Gasteiger charge is -2.11. The van der Waals surface area contributed by atoms with Crippen molar-refractivity contribution in [3.05, 3.63) is 28.5 Å². The number of rotatable bonds is 3. The number of nitrogens with one attached hydrogen (secondary N) is 1. The summed E-state index contributed by atoms with van der Waals surface area (Å²) in [5, 5.41) is 13.6. The number of anilines is 2. The highest BCUT2D eigenvalue weighted by Crippen LogP contribution is 2.20. The first-order valence-electron chi connectivity index (χ1n) is 4.85. The lowest BCUT2D eigenvalue weighted by atomic mass is 10.2. The first kappa shape index (κ1) is 10.3. The molecule has 0 unspecified atom stereocenters. The highest BCUT2D eigenvalue weighted by Gasteiger charge is 2.16. The van der Waals surface area contributed by atoms with E-state index in [9.17, 15) is 10.1 Å². The first-order chi connectivity index (χ1) is 7.66. The molecule has 2 rings (SSSR count). The zero-order valence-corrected chi connectivity index (χ0v) is 8.46. The average molecular weight is 221 g/mol. The standard InChI is InChI=1S/C9H11N5O2/c10-8-7(14(15)16)5-11-9(13-8)12-6-3-1-2-4-6/h1-2,5-6H,3-4H2,(H3,10,11,12,13). The van der Waals surface area contributed by atoms with Gasteiger partial charge in [0.25, 0.3) is 0 Å². The molecule has 0 radical (unpaired) electrons. The number of hydrogen-bond acceptors (Lipinski definition) is 6. The van der Waals surface area contributed by atoms with E-state index in [0.717, 1.165) is 19.0 Å². The predicted molar refractivity (Wildman–Crippen MR) is 58.9 cm³/mol. The van der Waals surface area contributed by atoms with E-state index in [0.29, 0.717) is 5.95 Å². The molecule has 7 nitrogen and oxygen atoms in total. The van der Waals surface area contributed by atoms with Gasteiger partial charge in [0.2, 0.25) is 11.8 Å². The number of nitrogens with two attached hydrogens (primary N) is 1. The van der Waals surface area contributed by atoms with E-state index < -0.39 is 4.92 Å². The van der Waals surface area contributed by atoms with Crippen molar-refractivity contribution in [2.24, 2.45) is 0 Å². The Kier molecular flexibility index (Phi) is 2.67. The van der Waals surface area contributed by atoms with Crippen LogP contribution in [0.15, 0.2) is 18.3 Å². The Bertz CT molecular complexity index is 438. The van der Waals surface area contributed by atoms with Crippen LogP contribution in [0.5, 0.6) is 0 Å². The summed E-state index contributed by atoms with van der Waals surface area (Å²) in [4.78, 5) is 17.6. The molecule has 0 atom stereocenters. The summed E-state index contributed by atoms with van der Waals surface area (Å²) in [5.41, 5.74) is 5.18. The molecule has 0 saturated carbocycles. The minimum Gasteiger partial charge on any atom is -0.378 e. The zero-order valence-electron chi connectivity index (χ0n) is 8.46. The normalized spacial score (nSPS) is 15.2. The van der Waals surface area contributed by atoms with Gasteiger partial charge in [0.1, 0.15) is 6.20 Å². The van der Waals surface area contributed by atoms with Crippen LogP contribution >= 0.6 is 0 Å². The number of nitrogen functional groups attached to an aromatic ring is 1. The van der Waals surface area contributed by atoms with Crippen LogP contribution in [0, 0.1) is 10.1 Å². The molecule has 0 bridgehead atoms. The third kappa shape index (κ3) is 2.08. The molecule has 16 heavy (non-hydrogen) atoms. The molecule has 3 N–H and O–H groups in total. The fraction of sp³-hybridized carbons (Fsp3) is 0.333. The molecule has 1 heterocycles. The molecule has 1 aliphatic rings. The number of nitrogens with zero attached hydrogens (tertiary/aromatic N) is 3. The Morgan fingerprint density at radius 2 is 2.19 bits per heavy atom. The van der Waals surface area contributed by atoms with Crippen LogP contribution in [-0.4, -0.2) is 20.9 Å². The molecule has 0 aliphatic heterocycles. The summed E-state index contributed by atoms with van der Waals surface area (Å²) in [7, 11) is 0. The summed E-state index contributed by atoms with van der Waals surface area (Å²) in [6.07, 6.45) is 7.05. The maximum Gasteiger partial charge on any atom is 0.329 e. The summed E-state index contributed by atoms with van der Waals surface area (Å²) < 4.78 is 0. The van der Waals surface area contributed by atoms with Crippen LogP contribution in [0.25, 0.3) is 0 Å². The van der Waals surface area contributed by atoms with Crippen molar-refractivity contribution in [1.82, 2.24) is 9.97 Å². The van der Waals surface area contributed by atoms with Crippen LogP contribution in [-0.2, 0) is 0 Å². The van der Waals surface area contributed by atoms with Gasteiger partial charge >= 0.3 is 5.69 Å². The van der Waals surface area contributed by atoms with Crippen molar-refractivity contribution >= 4 is 17.5 Å². The van der Waals surface area contributed by atoms with Crippen molar-refractivity contribution in [1.29, 1.82) is 0 Å². The molecule has 0 aromatic carbocycles. The van der Waals surface area contributed by atoms with Crippen molar-refractivity contribution < 1.29 is 4.92 Å². The summed E-state index contributed by atoms with van der Waals surface area (Å²) >= 11 is 0. The van der Waals surface area contributed by atoms with Crippen molar-refractivity contribution in [2.45, 2.75) is 18.9 Å². The molecule has 7 heteroatoms. The van der Waals surface area contributed by atoms with Crippen molar-refractivity contribution in [2.75, 3.05) is 11.1 Å². The van der Waals surface area contributed by atoms with E-state index in [1.807, 2.05) is 0 Å². The SMILES string of the molecule is Nc1nc(NC2CC=CC2)ncc1[N+](=O)[O-]. The fourth-order valence-corrected chi connectivity index (χ4v) is 1.52. The van der Waals surface area contributed by atoms with Crippen LogP contribution in [0.4, 0.5) is 17.5 Å². The highest BCUT2D eigenvalue weighted by atomic mass is 16.6. The summed E-state index contributed by atoms with van der Waals surface area (Å²) in [6.45, 7) is 0. The molecule has 1 aliphatic carbocycles. The van der Waals surface area contributed by atoms with E-state index in [2.05, 4.69) is 27.4 Å². The van der Waals surface area contributed by atoms with Gasteiger partial charge in [-0.2, -0.15) is 4.98 Å². The third-order valence-electron chi connectivity index (χ3n) is 2.34. The second-order valence-corrected chi connectivity index (χ2v) is 3.51. The Morgan fingerprint density at radius 3 is 2.75 bits per heavy atom. The maximum atomic E-state index is 10.5. The highest BCUT2D eigenvalue weighted by molar-refractivity contribution is 5.53. The molecule has 0 amide bonds. The third-order valence-corrected chi connectivity index (χ3v) is 2.34. The van der Waals surface area contributed by atoms with Crippen LogP contribution in [0.1, 0.15) is 12.8 Å². The lowest BCUT2D eigenvalue weighted by molar-refractivity contribution is -0.384. The van der Waals surface area contributed by atoms with Crippen LogP contribution in [0.2, 0.25) is 0 Å². The van der Waals surface area contributed by atoms with Gasteiger partial charge in [-0.25, -0.2) is 4.98 Å². The van der Waals surface area contributed by atoms with E-state index >= 15 is 0 Å². The molecular formula is C9H11N5O2.